The molecule has 0 heterocycles. The van der Waals surface area contributed by atoms with E-state index < -0.39 is 0 Å². The zero-order valence-electron chi connectivity index (χ0n) is 12.4. The number of aryl methyl sites for hydroxylation is 1. The summed E-state index contributed by atoms with van der Waals surface area (Å²) < 4.78 is 0. The fourth-order valence-electron chi connectivity index (χ4n) is 2.24. The Kier molecular flexibility index (Phi) is 8.24. The minimum Gasteiger partial charge on any atom is -0.0654 e. The van der Waals surface area contributed by atoms with Crippen LogP contribution in [0.15, 0.2) is 24.3 Å². The number of rotatable bonds is 9. The van der Waals surface area contributed by atoms with Gasteiger partial charge in [-0.05, 0) is 29.3 Å². The molecule has 0 amide bonds. The first kappa shape index (κ1) is 15.6. The first-order chi connectivity index (χ1) is 8.72. The third kappa shape index (κ3) is 7.10. The van der Waals surface area contributed by atoms with E-state index in [0.717, 1.165) is 0 Å². The van der Waals surface area contributed by atoms with Crippen molar-refractivity contribution in [2.45, 2.75) is 57.6 Å². The van der Waals surface area contributed by atoms with Gasteiger partial charge in [0.2, 0.25) is 0 Å². The molecule has 0 saturated heterocycles. The van der Waals surface area contributed by atoms with Gasteiger partial charge in [0, 0.05) is 5.56 Å². The van der Waals surface area contributed by atoms with Gasteiger partial charge in [-0.15, -0.1) is 0 Å². The van der Waals surface area contributed by atoms with E-state index in [0.29, 0.717) is 10.9 Å². The van der Waals surface area contributed by atoms with Crippen molar-refractivity contribution < 1.29 is 0 Å². The largest absolute Gasteiger partial charge is 0.132 e. The summed E-state index contributed by atoms with van der Waals surface area (Å²) in [6, 6.07) is 9.29. The van der Waals surface area contributed by atoms with Gasteiger partial charge in [0.05, 0.1) is 12.5 Å². The molecule has 0 unspecified atom stereocenters. The van der Waals surface area contributed by atoms with E-state index in [-0.39, 0.29) is 0 Å². The first-order valence-electron chi connectivity index (χ1n) is 7.34. The van der Waals surface area contributed by atoms with Crippen molar-refractivity contribution in [2.75, 3.05) is 12.5 Å². The van der Waals surface area contributed by atoms with Crippen LogP contribution < -0.4 is 0 Å². The Morgan fingerprint density at radius 2 is 1.33 bits per heavy atom. The zero-order chi connectivity index (χ0) is 13.2. The van der Waals surface area contributed by atoms with Gasteiger partial charge in [-0.1, -0.05) is 63.3 Å². The molecule has 0 atom stereocenters. The van der Waals surface area contributed by atoms with Crippen LogP contribution >= 0.6 is 0 Å². The Morgan fingerprint density at radius 1 is 0.778 bits per heavy atom. The zero-order valence-corrected chi connectivity index (χ0v) is 13.2. The van der Waals surface area contributed by atoms with E-state index in [1.165, 1.54) is 61.8 Å². The number of unbranched alkanes of at least 4 members (excludes halogenated alkanes) is 5. The van der Waals surface area contributed by atoms with Gasteiger partial charge in [0.1, 0.15) is 5.75 Å². The second kappa shape index (κ2) is 9.49. The summed E-state index contributed by atoms with van der Waals surface area (Å²) in [4.78, 5) is 0. The summed E-state index contributed by atoms with van der Waals surface area (Å²) in [7, 11) is 0.517. The van der Waals surface area contributed by atoms with E-state index >= 15 is 0 Å². The predicted molar refractivity (Wildman–Crippen MR) is 86.4 cm³/mol. The molecule has 0 aliphatic heterocycles. The predicted octanol–water partition coefficient (Wildman–Crippen LogP) is 4.97. The molecule has 0 aromatic heterocycles. The highest BCUT2D eigenvalue weighted by atomic mass is 32.2. The third-order valence-electron chi connectivity index (χ3n) is 3.30. The van der Waals surface area contributed by atoms with Crippen molar-refractivity contribution >= 4 is 10.9 Å². The Morgan fingerprint density at radius 3 is 1.94 bits per heavy atom. The molecule has 0 spiro atoms. The fourth-order valence-corrected chi connectivity index (χ4v) is 3.10. The van der Waals surface area contributed by atoms with Gasteiger partial charge in [0.25, 0.3) is 0 Å². The molecule has 0 radical (unpaired) electrons. The second-order valence-corrected chi connectivity index (χ2v) is 7.72. The lowest BCUT2D eigenvalue weighted by atomic mass is 10.0. The van der Waals surface area contributed by atoms with Crippen molar-refractivity contribution in [3.8, 4) is 0 Å². The topological polar surface area (TPSA) is 0 Å². The summed E-state index contributed by atoms with van der Waals surface area (Å²) in [5.41, 5.74) is 3.01. The Hall–Kier alpha value is -0.430. The smallest absolute Gasteiger partial charge is 0.0654 e. The highest BCUT2D eigenvalue weighted by Crippen LogP contribution is 2.12. The van der Waals surface area contributed by atoms with Gasteiger partial charge >= 0.3 is 0 Å². The maximum Gasteiger partial charge on any atom is 0.132 e. The van der Waals surface area contributed by atoms with Crippen molar-refractivity contribution in [1.82, 2.24) is 0 Å². The Bertz CT molecular complexity index is 300. The maximum absolute atomic E-state index is 2.33. The molecule has 0 aliphatic rings. The molecule has 0 fully saturated rings. The molecular formula is C17H29S+. The molecule has 0 aliphatic carbocycles. The summed E-state index contributed by atoms with van der Waals surface area (Å²) >= 11 is 0. The number of hydrogen-bond donors (Lipinski definition) is 0. The van der Waals surface area contributed by atoms with Crippen LogP contribution in [0, 0.1) is 0 Å². The van der Waals surface area contributed by atoms with Crippen molar-refractivity contribution in [2.24, 2.45) is 0 Å². The summed E-state index contributed by atoms with van der Waals surface area (Å²) in [6.45, 7) is 2.28. The Balaban J connectivity index is 2.18. The summed E-state index contributed by atoms with van der Waals surface area (Å²) in [5, 5.41) is 0. The van der Waals surface area contributed by atoms with Crippen LogP contribution in [0.1, 0.15) is 56.6 Å². The average molecular weight is 265 g/mol. The third-order valence-corrected chi connectivity index (χ3v) is 4.21. The average Bonchev–Trinajstić information content (AvgIpc) is 2.35. The van der Waals surface area contributed by atoms with Crippen LogP contribution in [0.4, 0.5) is 0 Å². The second-order valence-electron chi connectivity index (χ2n) is 5.46. The molecule has 0 saturated carbocycles. The molecule has 18 heavy (non-hydrogen) atoms. The quantitative estimate of drug-likeness (QED) is 0.437. The van der Waals surface area contributed by atoms with E-state index in [9.17, 15) is 0 Å². The molecular weight excluding hydrogens is 236 g/mol. The lowest BCUT2D eigenvalue weighted by molar-refractivity contribution is 0.607. The number of hydrogen-bond acceptors (Lipinski definition) is 0. The van der Waals surface area contributed by atoms with Gasteiger partial charge in [-0.25, -0.2) is 0 Å². The van der Waals surface area contributed by atoms with E-state index in [1.54, 1.807) is 0 Å². The lowest BCUT2D eigenvalue weighted by Gasteiger charge is -2.04. The monoisotopic (exact) mass is 265 g/mol. The lowest BCUT2D eigenvalue weighted by Crippen LogP contribution is -1.99. The molecule has 0 N–H and O–H groups in total. The maximum atomic E-state index is 2.33. The molecule has 1 aromatic carbocycles. The fraction of sp³-hybridized carbons (Fsp3) is 0.647. The molecule has 1 aromatic rings. The SMILES string of the molecule is CCCCCCCCc1ccc(C[S+](C)C)cc1. The van der Waals surface area contributed by atoms with Crippen LogP contribution in [0.25, 0.3) is 0 Å². The van der Waals surface area contributed by atoms with E-state index in [1.807, 2.05) is 0 Å². The molecule has 102 valence electrons. The van der Waals surface area contributed by atoms with Crippen LogP contribution in [0.5, 0.6) is 0 Å². The van der Waals surface area contributed by atoms with Crippen molar-refractivity contribution in [1.29, 1.82) is 0 Å². The summed E-state index contributed by atoms with van der Waals surface area (Å²) in [6.07, 6.45) is 14.2. The van der Waals surface area contributed by atoms with Gasteiger partial charge in [-0.2, -0.15) is 0 Å². The first-order valence-corrected chi connectivity index (χ1v) is 9.55. The van der Waals surface area contributed by atoms with Crippen LogP contribution in [0.2, 0.25) is 0 Å². The molecule has 0 nitrogen and oxygen atoms in total. The van der Waals surface area contributed by atoms with Gasteiger partial charge < -0.3 is 0 Å². The van der Waals surface area contributed by atoms with Crippen molar-refractivity contribution in [3.63, 3.8) is 0 Å². The van der Waals surface area contributed by atoms with E-state index in [4.69, 9.17) is 0 Å². The normalized spacial score (nSPS) is 11.1. The number of benzene rings is 1. The molecule has 0 bridgehead atoms. The highest BCUT2D eigenvalue weighted by molar-refractivity contribution is 7.94. The van der Waals surface area contributed by atoms with Crippen LogP contribution in [-0.2, 0) is 23.1 Å². The molecule has 1 rings (SSSR count). The van der Waals surface area contributed by atoms with Gasteiger partial charge in [0.15, 0.2) is 0 Å². The minimum atomic E-state index is 0.517. The minimum absolute atomic E-state index is 0.517. The Labute approximate surface area is 117 Å². The summed E-state index contributed by atoms with van der Waals surface area (Å²) in [5.74, 6) is 1.23. The van der Waals surface area contributed by atoms with Gasteiger partial charge in [-0.3, -0.25) is 0 Å². The standard InChI is InChI=1S/C17H29S/c1-4-5-6-7-8-9-10-16-11-13-17(14-12-16)15-18(2)3/h11-14H,4-10,15H2,1-3H3/q+1. The van der Waals surface area contributed by atoms with Crippen LogP contribution in [-0.4, -0.2) is 12.5 Å². The highest BCUT2D eigenvalue weighted by Gasteiger charge is 2.04. The van der Waals surface area contributed by atoms with Crippen LogP contribution in [0.3, 0.4) is 0 Å². The van der Waals surface area contributed by atoms with E-state index in [2.05, 4.69) is 43.7 Å². The molecule has 1 heteroatoms. The van der Waals surface area contributed by atoms with Crippen molar-refractivity contribution in [3.05, 3.63) is 35.4 Å².